The number of carbonyl (C=O) groups excluding carboxylic acids is 2. The maximum atomic E-state index is 12.1. The SMILES string of the molecule is CNc1ccccc1C(=O)OCC(=O)NCc1ccc2c(c1)OCO2. The third-order valence-corrected chi connectivity index (χ3v) is 3.68. The summed E-state index contributed by atoms with van der Waals surface area (Å²) >= 11 is 0. The summed E-state index contributed by atoms with van der Waals surface area (Å²) < 4.78 is 15.6. The van der Waals surface area contributed by atoms with Gasteiger partial charge in [0, 0.05) is 19.3 Å². The number of ether oxygens (including phenoxy) is 3. The first-order valence-electron chi connectivity index (χ1n) is 7.76. The first-order valence-corrected chi connectivity index (χ1v) is 7.76. The molecular weight excluding hydrogens is 324 g/mol. The van der Waals surface area contributed by atoms with Gasteiger partial charge in [0.25, 0.3) is 5.91 Å². The van der Waals surface area contributed by atoms with Gasteiger partial charge in [-0.05, 0) is 29.8 Å². The van der Waals surface area contributed by atoms with E-state index >= 15 is 0 Å². The van der Waals surface area contributed by atoms with Crippen LogP contribution in [0.4, 0.5) is 5.69 Å². The summed E-state index contributed by atoms with van der Waals surface area (Å²) in [7, 11) is 1.71. The number of esters is 1. The van der Waals surface area contributed by atoms with Gasteiger partial charge in [-0.1, -0.05) is 18.2 Å². The van der Waals surface area contributed by atoms with Crippen LogP contribution in [0.1, 0.15) is 15.9 Å². The van der Waals surface area contributed by atoms with Crippen LogP contribution in [0, 0.1) is 0 Å². The van der Waals surface area contributed by atoms with E-state index in [0.29, 0.717) is 29.3 Å². The van der Waals surface area contributed by atoms with Crippen molar-refractivity contribution in [2.45, 2.75) is 6.54 Å². The number of benzene rings is 2. The largest absolute Gasteiger partial charge is 0.454 e. The molecule has 0 saturated heterocycles. The van der Waals surface area contributed by atoms with Gasteiger partial charge >= 0.3 is 5.97 Å². The average Bonchev–Trinajstić information content (AvgIpc) is 3.12. The van der Waals surface area contributed by atoms with Crippen LogP contribution in [-0.4, -0.2) is 32.3 Å². The van der Waals surface area contributed by atoms with Crippen LogP contribution in [-0.2, 0) is 16.1 Å². The van der Waals surface area contributed by atoms with Crippen LogP contribution in [0.25, 0.3) is 0 Å². The summed E-state index contributed by atoms with van der Waals surface area (Å²) in [6, 6.07) is 12.4. The van der Waals surface area contributed by atoms with Gasteiger partial charge in [0.15, 0.2) is 18.1 Å². The van der Waals surface area contributed by atoms with Crippen LogP contribution in [0.3, 0.4) is 0 Å². The minimum atomic E-state index is -0.553. The molecular formula is C18H18N2O5. The molecule has 7 nitrogen and oxygen atoms in total. The zero-order valence-corrected chi connectivity index (χ0v) is 13.7. The van der Waals surface area contributed by atoms with E-state index < -0.39 is 5.97 Å². The second kappa shape index (κ2) is 7.57. The number of nitrogens with one attached hydrogen (secondary N) is 2. The molecule has 0 aromatic heterocycles. The maximum absolute atomic E-state index is 12.1. The molecule has 1 aliphatic rings. The highest BCUT2D eigenvalue weighted by molar-refractivity contribution is 5.96. The highest BCUT2D eigenvalue weighted by Gasteiger charge is 2.15. The first-order chi connectivity index (χ1) is 12.2. The van der Waals surface area contributed by atoms with E-state index in [2.05, 4.69) is 10.6 Å². The Morgan fingerprint density at radius 1 is 1.12 bits per heavy atom. The Morgan fingerprint density at radius 2 is 1.92 bits per heavy atom. The molecule has 25 heavy (non-hydrogen) atoms. The second-order valence-corrected chi connectivity index (χ2v) is 5.34. The van der Waals surface area contributed by atoms with E-state index in [1.165, 1.54) is 0 Å². The lowest BCUT2D eigenvalue weighted by molar-refractivity contribution is -0.124. The summed E-state index contributed by atoms with van der Waals surface area (Å²) in [6.07, 6.45) is 0. The third-order valence-electron chi connectivity index (χ3n) is 3.68. The minimum Gasteiger partial charge on any atom is -0.454 e. The number of para-hydroxylation sites is 1. The number of amides is 1. The highest BCUT2D eigenvalue weighted by atomic mass is 16.7. The third kappa shape index (κ3) is 4.00. The number of anilines is 1. The highest BCUT2D eigenvalue weighted by Crippen LogP contribution is 2.32. The van der Waals surface area contributed by atoms with Crippen molar-refractivity contribution < 1.29 is 23.8 Å². The van der Waals surface area contributed by atoms with Gasteiger partial charge < -0.3 is 24.8 Å². The van der Waals surface area contributed by atoms with Crippen molar-refractivity contribution in [2.24, 2.45) is 0 Å². The molecule has 1 aliphatic heterocycles. The summed E-state index contributed by atoms with van der Waals surface area (Å²) in [6.45, 7) is 0.163. The maximum Gasteiger partial charge on any atom is 0.340 e. The fraction of sp³-hybridized carbons (Fsp3) is 0.222. The fourth-order valence-corrected chi connectivity index (χ4v) is 2.39. The summed E-state index contributed by atoms with van der Waals surface area (Å²) in [4.78, 5) is 23.9. The molecule has 0 saturated carbocycles. The van der Waals surface area contributed by atoms with E-state index in [4.69, 9.17) is 14.2 Å². The Hall–Kier alpha value is -3.22. The van der Waals surface area contributed by atoms with Crippen molar-refractivity contribution in [2.75, 3.05) is 25.8 Å². The second-order valence-electron chi connectivity index (χ2n) is 5.34. The molecule has 2 N–H and O–H groups in total. The molecule has 0 aliphatic carbocycles. The van der Waals surface area contributed by atoms with Crippen molar-refractivity contribution in [1.82, 2.24) is 5.32 Å². The molecule has 0 fully saturated rings. The zero-order valence-electron chi connectivity index (χ0n) is 13.7. The van der Waals surface area contributed by atoms with Gasteiger partial charge in [-0.3, -0.25) is 4.79 Å². The predicted molar refractivity (Wildman–Crippen MR) is 90.7 cm³/mol. The van der Waals surface area contributed by atoms with E-state index in [0.717, 1.165) is 5.56 Å². The normalized spacial score (nSPS) is 11.7. The molecule has 7 heteroatoms. The number of carbonyl (C=O) groups is 2. The van der Waals surface area contributed by atoms with Crippen LogP contribution in [0.15, 0.2) is 42.5 Å². The van der Waals surface area contributed by atoms with Gasteiger partial charge in [0.05, 0.1) is 5.56 Å². The van der Waals surface area contributed by atoms with Crippen LogP contribution < -0.4 is 20.1 Å². The number of hydrogen-bond donors (Lipinski definition) is 2. The molecule has 2 aromatic carbocycles. The van der Waals surface area contributed by atoms with Gasteiger partial charge in [0.1, 0.15) is 0 Å². The number of hydrogen-bond acceptors (Lipinski definition) is 6. The van der Waals surface area contributed by atoms with E-state index in [1.807, 2.05) is 6.07 Å². The van der Waals surface area contributed by atoms with Gasteiger partial charge in [-0.25, -0.2) is 4.79 Å². The molecule has 0 unspecified atom stereocenters. The Morgan fingerprint density at radius 3 is 2.76 bits per heavy atom. The Labute approximate surface area is 144 Å². The first kappa shape index (κ1) is 16.6. The lowest BCUT2D eigenvalue weighted by Gasteiger charge is -2.09. The quantitative estimate of drug-likeness (QED) is 0.780. The fourth-order valence-electron chi connectivity index (χ4n) is 2.39. The van der Waals surface area contributed by atoms with Crippen LogP contribution >= 0.6 is 0 Å². The van der Waals surface area contributed by atoms with Gasteiger partial charge in [-0.2, -0.15) is 0 Å². The molecule has 130 valence electrons. The molecule has 0 spiro atoms. The monoisotopic (exact) mass is 342 g/mol. The van der Waals surface area contributed by atoms with Crippen molar-refractivity contribution in [3.8, 4) is 11.5 Å². The average molecular weight is 342 g/mol. The molecule has 1 heterocycles. The predicted octanol–water partition coefficient (Wildman–Crippen LogP) is 1.93. The van der Waals surface area contributed by atoms with Crippen molar-refractivity contribution >= 4 is 17.6 Å². The van der Waals surface area contributed by atoms with Crippen LogP contribution in [0.5, 0.6) is 11.5 Å². The standard InChI is InChI=1S/C18H18N2O5/c1-19-14-5-3-2-4-13(14)18(22)23-10-17(21)20-9-12-6-7-15-16(8-12)25-11-24-15/h2-8,19H,9-11H2,1H3,(H,20,21). The molecule has 0 atom stereocenters. The summed E-state index contributed by atoms with van der Waals surface area (Å²) in [5.41, 5.74) is 1.89. The van der Waals surface area contributed by atoms with Crippen molar-refractivity contribution in [3.05, 3.63) is 53.6 Å². The summed E-state index contributed by atoms with van der Waals surface area (Å²) in [5.74, 6) is 0.408. The topological polar surface area (TPSA) is 85.9 Å². The molecule has 0 radical (unpaired) electrons. The van der Waals surface area contributed by atoms with Gasteiger partial charge in [0.2, 0.25) is 6.79 Å². The Kier molecular flexibility index (Phi) is 5.03. The van der Waals surface area contributed by atoms with Gasteiger partial charge in [-0.15, -0.1) is 0 Å². The van der Waals surface area contributed by atoms with Crippen molar-refractivity contribution in [1.29, 1.82) is 0 Å². The van der Waals surface area contributed by atoms with E-state index in [1.54, 1.807) is 43.4 Å². The summed E-state index contributed by atoms with van der Waals surface area (Å²) in [5, 5.41) is 5.61. The number of rotatable bonds is 6. The molecule has 0 bridgehead atoms. The van der Waals surface area contributed by atoms with Crippen molar-refractivity contribution in [3.63, 3.8) is 0 Å². The van der Waals surface area contributed by atoms with Crippen LogP contribution in [0.2, 0.25) is 0 Å². The lowest BCUT2D eigenvalue weighted by atomic mass is 10.2. The number of fused-ring (bicyclic) bond motifs is 1. The Balaban J connectivity index is 1.49. The lowest BCUT2D eigenvalue weighted by Crippen LogP contribution is -2.28. The molecule has 3 rings (SSSR count). The van der Waals surface area contributed by atoms with E-state index in [-0.39, 0.29) is 19.3 Å². The zero-order chi connectivity index (χ0) is 17.6. The van der Waals surface area contributed by atoms with E-state index in [9.17, 15) is 9.59 Å². The Bertz CT molecular complexity index is 791. The molecule has 1 amide bonds. The minimum absolute atomic E-state index is 0.204. The molecule has 2 aromatic rings. The smallest absolute Gasteiger partial charge is 0.340 e.